The lowest BCUT2D eigenvalue weighted by atomic mass is 10.3. The van der Waals surface area contributed by atoms with Crippen molar-refractivity contribution in [2.45, 2.75) is 13.8 Å². The smallest absolute Gasteiger partial charge is 0.333 e. The molecule has 2 heteroatoms. The zero-order valence-electron chi connectivity index (χ0n) is 6.44. The maximum Gasteiger partial charge on any atom is 0.333 e. The van der Waals surface area contributed by atoms with Gasteiger partial charge in [0.15, 0.2) is 0 Å². The van der Waals surface area contributed by atoms with Gasteiger partial charge in [-0.2, -0.15) is 0 Å². The van der Waals surface area contributed by atoms with E-state index in [1.807, 2.05) is 0 Å². The fourth-order valence-electron chi connectivity index (χ4n) is 0.312. The van der Waals surface area contributed by atoms with Crippen LogP contribution in [0.2, 0.25) is 0 Å². The molecule has 0 rings (SSSR count). The molecule has 0 N–H and O–H groups in total. The summed E-state index contributed by atoms with van der Waals surface area (Å²) >= 11 is 0. The Morgan fingerprint density at radius 3 is 2.20 bits per heavy atom. The molecule has 10 heavy (non-hydrogen) atoms. The quantitative estimate of drug-likeness (QED) is 0.338. The maximum absolute atomic E-state index is 10.7. The normalized spacial score (nSPS) is 8.60. The number of hydrogen-bond donors (Lipinski definition) is 0. The van der Waals surface area contributed by atoms with Crippen LogP contribution >= 0.6 is 0 Å². The summed E-state index contributed by atoms with van der Waals surface area (Å²) in [6, 6.07) is 0. The van der Waals surface area contributed by atoms with Gasteiger partial charge in [0.25, 0.3) is 0 Å². The van der Waals surface area contributed by atoms with Crippen LogP contribution in [0.3, 0.4) is 0 Å². The van der Waals surface area contributed by atoms with E-state index in [1.54, 1.807) is 13.8 Å². The minimum absolute atomic E-state index is 0.283. The highest BCUT2D eigenvalue weighted by Crippen LogP contribution is 1.94. The van der Waals surface area contributed by atoms with E-state index in [1.165, 1.54) is 0 Å². The Hall–Kier alpha value is -1.05. The van der Waals surface area contributed by atoms with Crippen LogP contribution in [0.1, 0.15) is 13.8 Å². The zero-order chi connectivity index (χ0) is 8.15. The van der Waals surface area contributed by atoms with Crippen LogP contribution < -0.4 is 0 Å². The largest absolute Gasteiger partial charge is 0.458 e. The zero-order valence-corrected chi connectivity index (χ0v) is 6.44. The molecular weight excluding hydrogens is 128 g/mol. The monoisotopic (exact) mass is 140 g/mol. The van der Waals surface area contributed by atoms with Crippen molar-refractivity contribution in [2.75, 3.05) is 6.61 Å². The van der Waals surface area contributed by atoms with E-state index in [4.69, 9.17) is 4.74 Å². The Labute approximate surface area is 61.2 Å². The maximum atomic E-state index is 10.7. The Kier molecular flexibility index (Phi) is 3.47. The van der Waals surface area contributed by atoms with Crippen LogP contribution in [0.4, 0.5) is 0 Å². The molecule has 0 saturated heterocycles. The second kappa shape index (κ2) is 3.88. The second-order valence-electron chi connectivity index (χ2n) is 2.31. The number of ether oxygens (including phenoxy) is 1. The third-order valence-corrected chi connectivity index (χ3v) is 0.798. The minimum Gasteiger partial charge on any atom is -0.458 e. The van der Waals surface area contributed by atoms with Crippen molar-refractivity contribution in [1.29, 1.82) is 0 Å². The van der Waals surface area contributed by atoms with Crippen LogP contribution in [0, 0.1) is 0 Å². The number of rotatable bonds is 3. The predicted octanol–water partition coefficient (Wildman–Crippen LogP) is 1.68. The number of esters is 1. The Morgan fingerprint density at radius 1 is 1.40 bits per heavy atom. The topological polar surface area (TPSA) is 26.3 Å². The summed E-state index contributed by atoms with van der Waals surface area (Å²) in [5.41, 5.74) is 1.25. The van der Waals surface area contributed by atoms with Gasteiger partial charge in [-0.05, 0) is 19.4 Å². The summed E-state index contributed by atoms with van der Waals surface area (Å²) in [6.45, 7) is 10.7. The van der Waals surface area contributed by atoms with Crippen molar-refractivity contribution in [3.63, 3.8) is 0 Å². The molecule has 0 atom stereocenters. The van der Waals surface area contributed by atoms with Gasteiger partial charge in [-0.1, -0.05) is 13.2 Å². The van der Waals surface area contributed by atoms with E-state index in [2.05, 4.69) is 13.2 Å². The second-order valence-corrected chi connectivity index (χ2v) is 2.31. The van der Waals surface area contributed by atoms with Crippen molar-refractivity contribution in [2.24, 2.45) is 0 Å². The molecule has 0 radical (unpaired) electrons. The first-order valence-corrected chi connectivity index (χ1v) is 3.01. The third kappa shape index (κ3) is 3.89. The Bertz CT molecular complexity index is 168. The van der Waals surface area contributed by atoms with Crippen LogP contribution in [0.5, 0.6) is 0 Å². The predicted molar refractivity (Wildman–Crippen MR) is 40.6 cm³/mol. The number of carbonyl (C=O) groups excluding carboxylic acids is 1. The molecule has 0 aliphatic heterocycles. The van der Waals surface area contributed by atoms with Gasteiger partial charge in [-0.15, -0.1) is 0 Å². The molecule has 0 bridgehead atoms. The molecule has 0 amide bonds. The summed E-state index contributed by atoms with van der Waals surface area (Å²) in [6.07, 6.45) is 0. The molecule has 0 aromatic heterocycles. The lowest BCUT2D eigenvalue weighted by Crippen LogP contribution is -2.06. The summed E-state index contributed by atoms with van der Waals surface area (Å²) in [5.74, 6) is -0.358. The lowest BCUT2D eigenvalue weighted by Gasteiger charge is -2.01. The van der Waals surface area contributed by atoms with Gasteiger partial charge < -0.3 is 4.74 Å². The molecule has 56 valence electrons. The Morgan fingerprint density at radius 2 is 1.90 bits per heavy atom. The SMILES string of the molecule is C=C(C)COC(=O)C(=C)C. The molecule has 0 saturated carbocycles. The van der Waals surface area contributed by atoms with Crippen molar-refractivity contribution in [3.8, 4) is 0 Å². The van der Waals surface area contributed by atoms with Crippen LogP contribution in [0.25, 0.3) is 0 Å². The first kappa shape index (κ1) is 8.95. The van der Waals surface area contributed by atoms with Gasteiger partial charge in [-0.25, -0.2) is 4.79 Å². The molecule has 0 fully saturated rings. The van der Waals surface area contributed by atoms with E-state index in [0.29, 0.717) is 5.57 Å². The average Bonchev–Trinajstić information content (AvgIpc) is 1.82. The Balaban J connectivity index is 3.60. The summed E-state index contributed by atoms with van der Waals surface area (Å²) in [7, 11) is 0. The van der Waals surface area contributed by atoms with E-state index in [9.17, 15) is 4.79 Å². The van der Waals surface area contributed by atoms with Crippen molar-refractivity contribution < 1.29 is 9.53 Å². The van der Waals surface area contributed by atoms with E-state index in [0.717, 1.165) is 5.57 Å². The van der Waals surface area contributed by atoms with Gasteiger partial charge in [0.1, 0.15) is 6.61 Å². The molecular formula is C8H12O2. The van der Waals surface area contributed by atoms with Crippen LogP contribution in [-0.4, -0.2) is 12.6 Å². The van der Waals surface area contributed by atoms with E-state index in [-0.39, 0.29) is 12.6 Å². The highest BCUT2D eigenvalue weighted by Gasteiger charge is 2.00. The highest BCUT2D eigenvalue weighted by molar-refractivity contribution is 5.86. The van der Waals surface area contributed by atoms with Gasteiger partial charge in [0, 0.05) is 5.57 Å². The number of carbonyl (C=O) groups is 1. The summed E-state index contributed by atoms with van der Waals surface area (Å²) in [5, 5.41) is 0. The molecule has 0 heterocycles. The molecule has 0 spiro atoms. The molecule has 0 unspecified atom stereocenters. The fraction of sp³-hybridized carbons (Fsp3) is 0.375. The molecule has 0 aromatic rings. The lowest BCUT2D eigenvalue weighted by molar-refractivity contribution is -0.137. The molecule has 0 aliphatic rings. The highest BCUT2D eigenvalue weighted by atomic mass is 16.5. The van der Waals surface area contributed by atoms with Crippen molar-refractivity contribution >= 4 is 5.97 Å². The van der Waals surface area contributed by atoms with Crippen molar-refractivity contribution in [1.82, 2.24) is 0 Å². The van der Waals surface area contributed by atoms with Crippen LogP contribution in [0.15, 0.2) is 24.3 Å². The standard InChI is InChI=1S/C8H12O2/c1-6(2)5-10-8(9)7(3)4/h1,3,5H2,2,4H3. The average molecular weight is 140 g/mol. The fourth-order valence-corrected chi connectivity index (χ4v) is 0.312. The molecule has 2 nitrogen and oxygen atoms in total. The summed E-state index contributed by atoms with van der Waals surface area (Å²) in [4.78, 5) is 10.7. The van der Waals surface area contributed by atoms with Gasteiger partial charge >= 0.3 is 5.97 Å². The first-order chi connectivity index (χ1) is 4.54. The van der Waals surface area contributed by atoms with E-state index >= 15 is 0 Å². The minimum atomic E-state index is -0.358. The molecule has 0 aliphatic carbocycles. The van der Waals surface area contributed by atoms with Gasteiger partial charge in [0.2, 0.25) is 0 Å². The third-order valence-electron chi connectivity index (χ3n) is 0.798. The van der Waals surface area contributed by atoms with Gasteiger partial charge in [0.05, 0.1) is 0 Å². The van der Waals surface area contributed by atoms with Gasteiger partial charge in [-0.3, -0.25) is 0 Å². The van der Waals surface area contributed by atoms with Crippen molar-refractivity contribution in [3.05, 3.63) is 24.3 Å². The first-order valence-electron chi connectivity index (χ1n) is 3.01. The van der Waals surface area contributed by atoms with E-state index < -0.39 is 0 Å². The summed E-state index contributed by atoms with van der Waals surface area (Å²) < 4.78 is 4.73. The number of hydrogen-bond acceptors (Lipinski definition) is 2. The van der Waals surface area contributed by atoms with Crippen LogP contribution in [-0.2, 0) is 9.53 Å². The molecule has 0 aromatic carbocycles.